The van der Waals surface area contributed by atoms with E-state index in [1.54, 1.807) is 0 Å². The maximum atomic E-state index is 7.13. The maximum Gasteiger partial charge on any atom is 0 e. The fourth-order valence-corrected chi connectivity index (χ4v) is 2.99. The molecular weight excluding hydrogens is 497 g/mol. The summed E-state index contributed by atoms with van der Waals surface area (Å²) in [6, 6.07) is 0. The topological polar surface area (TPSA) is 75.8 Å². The van der Waals surface area contributed by atoms with Gasteiger partial charge in [0.25, 0.3) is 0 Å². The Kier molecular flexibility index (Phi) is 34.1. The third-order valence-electron chi connectivity index (χ3n) is 4.53. The number of hydrogen-bond acceptors (Lipinski definition) is 4. The summed E-state index contributed by atoms with van der Waals surface area (Å²) >= 11 is 7.40. The van der Waals surface area contributed by atoms with Crippen LogP contribution in [0.2, 0.25) is 0 Å². The molecule has 162 valence electrons. The number of nitrogens with zero attached hydrogens (tertiary/aromatic N) is 4. The van der Waals surface area contributed by atoms with E-state index in [9.17, 15) is 0 Å². The van der Waals surface area contributed by atoms with Gasteiger partial charge in [-0.25, -0.2) is 10.5 Å². The normalized spacial score (nSPS) is 14.3. The van der Waals surface area contributed by atoms with Crippen LogP contribution in [-0.2, 0) is 52.6 Å². The fraction of sp³-hybridized carbons (Fsp3) is 0.727. The van der Waals surface area contributed by atoms with Gasteiger partial charge in [-0.2, -0.15) is 6.20 Å². The van der Waals surface area contributed by atoms with Crippen molar-refractivity contribution in [2.75, 3.05) is 19.6 Å². The number of piperidine rings is 1. The average Bonchev–Trinajstić information content (AvgIpc) is 2.72. The van der Waals surface area contributed by atoms with Crippen molar-refractivity contribution in [3.05, 3.63) is 34.6 Å². The number of thiocyanates is 2. The summed E-state index contributed by atoms with van der Waals surface area (Å²) < 4.78 is 0. The van der Waals surface area contributed by atoms with Crippen molar-refractivity contribution in [1.82, 2.24) is 0 Å². The fourth-order valence-electron chi connectivity index (χ4n) is 2.99. The summed E-state index contributed by atoms with van der Waals surface area (Å²) in [6.45, 7) is 7.67. The number of nitriles is 2. The molecule has 0 aromatic heterocycles. The third-order valence-corrected chi connectivity index (χ3v) is 4.53. The van der Waals surface area contributed by atoms with Crippen molar-refractivity contribution in [1.29, 1.82) is 10.5 Å². The number of unbranched alkanes of at least 4 members (excludes halogenated alkanes) is 4. The molecule has 7 heteroatoms. The molecule has 0 amide bonds. The number of hydrogen-bond donors (Lipinski definition) is 0. The summed E-state index contributed by atoms with van der Waals surface area (Å²) in [5, 5.41) is 25.4. The summed E-state index contributed by atoms with van der Waals surface area (Å²) in [5.74, 6) is 1.01. The SMILES string of the molecule is CCCCCC1=CC[N-]C=C1.CCCCCC1CC[N-]CC1.N#C[S-].N#C[S-].[Cd]. The van der Waals surface area contributed by atoms with Gasteiger partial charge in [-0.05, 0) is 18.8 Å². The minimum absolute atomic E-state index is 0. The first-order valence-electron chi connectivity index (χ1n) is 10.4. The van der Waals surface area contributed by atoms with Crippen molar-refractivity contribution >= 4 is 25.3 Å². The molecule has 0 saturated carbocycles. The molecule has 0 atom stereocenters. The predicted octanol–water partition coefficient (Wildman–Crippen LogP) is 6.77. The van der Waals surface area contributed by atoms with Gasteiger partial charge < -0.3 is 35.9 Å². The molecule has 4 nitrogen and oxygen atoms in total. The van der Waals surface area contributed by atoms with Crippen LogP contribution in [0.1, 0.15) is 78.1 Å². The van der Waals surface area contributed by atoms with Crippen LogP contribution < -0.4 is 0 Å². The predicted molar refractivity (Wildman–Crippen MR) is 126 cm³/mol. The van der Waals surface area contributed by atoms with Crippen LogP contribution in [0.15, 0.2) is 23.9 Å². The van der Waals surface area contributed by atoms with E-state index in [1.807, 2.05) is 6.20 Å². The zero-order chi connectivity index (χ0) is 21.3. The monoisotopic (exact) mass is 534 g/mol. The van der Waals surface area contributed by atoms with Gasteiger partial charge in [0.1, 0.15) is 0 Å². The molecular formula is C22H36CdN4S2-4. The second-order valence-electron chi connectivity index (χ2n) is 6.71. The second-order valence-corrected chi connectivity index (χ2v) is 7.07. The Labute approximate surface area is 211 Å². The zero-order valence-corrected chi connectivity index (χ0v) is 24.0. The zero-order valence-electron chi connectivity index (χ0n) is 18.3. The van der Waals surface area contributed by atoms with Gasteiger partial charge in [0.05, 0.1) is 0 Å². The number of allylic oxidation sites excluding steroid dienone is 2. The van der Waals surface area contributed by atoms with Gasteiger partial charge in [0.15, 0.2) is 0 Å². The van der Waals surface area contributed by atoms with Gasteiger partial charge in [-0.1, -0.05) is 93.7 Å². The third kappa shape index (κ3) is 27.6. The number of rotatable bonds is 8. The first-order chi connectivity index (χ1) is 13.7. The first-order valence-corrected chi connectivity index (χ1v) is 11.2. The van der Waals surface area contributed by atoms with Crippen LogP contribution in [0.4, 0.5) is 0 Å². The Hall–Kier alpha value is -0.418. The smallest absolute Gasteiger partial charge is 0 e. The maximum absolute atomic E-state index is 7.13. The quantitative estimate of drug-likeness (QED) is 0.149. The molecule has 29 heavy (non-hydrogen) atoms. The van der Waals surface area contributed by atoms with Crippen LogP contribution in [0, 0.1) is 27.2 Å². The van der Waals surface area contributed by atoms with E-state index in [1.165, 1.54) is 80.6 Å². The van der Waals surface area contributed by atoms with E-state index < -0.39 is 0 Å². The van der Waals surface area contributed by atoms with Crippen molar-refractivity contribution < 1.29 is 27.3 Å². The van der Waals surface area contributed by atoms with Gasteiger partial charge >= 0.3 is 0 Å². The Bertz CT molecular complexity index is 452. The van der Waals surface area contributed by atoms with Crippen LogP contribution in [0.5, 0.6) is 0 Å². The minimum Gasteiger partial charge on any atom is -0.696 e. The van der Waals surface area contributed by atoms with Crippen molar-refractivity contribution in [2.45, 2.75) is 78.1 Å². The Morgan fingerprint density at radius 2 is 1.55 bits per heavy atom. The van der Waals surface area contributed by atoms with Crippen molar-refractivity contribution in [3.63, 3.8) is 0 Å². The molecule has 0 spiro atoms. The van der Waals surface area contributed by atoms with Crippen LogP contribution in [0.25, 0.3) is 10.6 Å². The minimum atomic E-state index is 0. The molecule has 2 heterocycles. The molecule has 1 saturated heterocycles. The summed E-state index contributed by atoms with van der Waals surface area (Å²) in [5.41, 5.74) is 1.47. The van der Waals surface area contributed by atoms with Gasteiger partial charge in [-0.3, -0.25) is 0 Å². The van der Waals surface area contributed by atoms with E-state index in [-0.39, 0.29) is 27.3 Å². The Balaban J connectivity index is -0.000000358. The molecule has 0 aromatic rings. The average molecular weight is 533 g/mol. The van der Waals surface area contributed by atoms with E-state index in [2.05, 4.69) is 61.9 Å². The molecule has 0 aliphatic carbocycles. The summed E-state index contributed by atoms with van der Waals surface area (Å²) in [4.78, 5) is 0. The van der Waals surface area contributed by atoms with E-state index >= 15 is 0 Å². The largest absolute Gasteiger partial charge is 0.696 e. The first kappa shape index (κ1) is 33.2. The van der Waals surface area contributed by atoms with Gasteiger partial charge in [-0.15, -0.1) is 19.6 Å². The Morgan fingerprint density at radius 1 is 1.00 bits per heavy atom. The summed E-state index contributed by atoms with van der Waals surface area (Å²) in [7, 11) is 0. The van der Waals surface area contributed by atoms with Crippen LogP contribution in [0.3, 0.4) is 0 Å². The molecule has 1 fully saturated rings. The second kappa shape index (κ2) is 29.8. The standard InChI is InChI=1S/C10H20N.C10H16N.2CHNS.Cd/c2*1-2-3-4-5-10-6-8-11-9-7-10;2*2-1-3;/h10H,2-9H2,1H3;6-8H,2-5,9H2,1H3;2*3H;/q2*-1;;;/p-2. The van der Waals surface area contributed by atoms with Crippen molar-refractivity contribution in [2.24, 2.45) is 5.92 Å². The molecule has 0 aromatic carbocycles. The van der Waals surface area contributed by atoms with E-state index in [0.717, 1.165) is 25.6 Å². The van der Waals surface area contributed by atoms with Gasteiger partial charge in [0.2, 0.25) is 0 Å². The van der Waals surface area contributed by atoms with E-state index in [0.29, 0.717) is 0 Å². The molecule has 2 rings (SSSR count). The molecule has 0 N–H and O–H groups in total. The molecule has 0 bridgehead atoms. The summed E-state index contributed by atoms with van der Waals surface area (Å²) in [6.07, 6.45) is 19.9. The van der Waals surface area contributed by atoms with E-state index in [4.69, 9.17) is 10.5 Å². The van der Waals surface area contributed by atoms with Crippen LogP contribution >= 0.6 is 0 Å². The molecule has 0 unspecified atom stereocenters. The molecule has 2 aliphatic rings. The van der Waals surface area contributed by atoms with Gasteiger partial charge in [0, 0.05) is 27.3 Å². The van der Waals surface area contributed by atoms with Crippen LogP contribution in [-0.4, -0.2) is 19.6 Å². The van der Waals surface area contributed by atoms with Crippen molar-refractivity contribution in [3.8, 4) is 10.8 Å². The molecule has 2 aliphatic heterocycles. The Morgan fingerprint density at radius 3 is 2.03 bits per heavy atom. The molecule has 0 radical (unpaired) electrons.